The molecule has 3 amide bonds. The van der Waals surface area contributed by atoms with Crippen LogP contribution in [0.2, 0.25) is 0 Å². The lowest BCUT2D eigenvalue weighted by atomic mass is 10.1. The lowest BCUT2D eigenvalue weighted by Crippen LogP contribution is -2.58. The zero-order valence-corrected chi connectivity index (χ0v) is 21.5. The smallest absolute Gasteiger partial charge is 0.417 e. The summed E-state index contributed by atoms with van der Waals surface area (Å²) in [5.41, 5.74) is 9.13. The summed E-state index contributed by atoms with van der Waals surface area (Å²) >= 11 is 0. The van der Waals surface area contributed by atoms with Crippen LogP contribution in [0.25, 0.3) is 0 Å². The Morgan fingerprint density at radius 2 is 1.75 bits per heavy atom. The second-order valence-corrected chi connectivity index (χ2v) is 9.97. The number of aromatic amines is 1. The summed E-state index contributed by atoms with van der Waals surface area (Å²) in [4.78, 5) is 62.4. The molecule has 36 heavy (non-hydrogen) atoms. The number of hydrogen-bond acceptors (Lipinski definition) is 8. The molecule has 0 bridgehead atoms. The number of carboxylic acids is 1. The number of alkyl carbamates (subject to hydrolysis) is 1. The van der Waals surface area contributed by atoms with Crippen molar-refractivity contribution in [2.45, 2.75) is 84.1 Å². The van der Waals surface area contributed by atoms with Crippen molar-refractivity contribution in [2.24, 2.45) is 16.5 Å². The number of amides is 3. The Hall–Kier alpha value is -3.84. The normalized spacial score (nSPS) is 13.2. The molecule has 1 heterocycles. The summed E-state index contributed by atoms with van der Waals surface area (Å²) in [7, 11) is 0. The maximum atomic E-state index is 13.7. The molecule has 1 aromatic heterocycles. The SMILES string of the molecule is CC(C)(C)OC(=O)NC(CCCN=C(N)N)C(=O)N(C(=O)OC(C)(C)C)C(Cc1cnc[nH]1)C(=O)O. The van der Waals surface area contributed by atoms with Crippen molar-refractivity contribution >= 4 is 30.0 Å². The molecular weight excluding hydrogens is 474 g/mol. The molecule has 14 nitrogen and oxygen atoms in total. The minimum absolute atomic E-state index is 0.0233. The lowest BCUT2D eigenvalue weighted by molar-refractivity contribution is -0.150. The van der Waals surface area contributed by atoms with Gasteiger partial charge in [0.25, 0.3) is 5.91 Å². The van der Waals surface area contributed by atoms with E-state index in [9.17, 15) is 24.3 Å². The predicted molar refractivity (Wildman–Crippen MR) is 130 cm³/mol. The molecular formula is C22H37N7O7. The number of imide groups is 1. The van der Waals surface area contributed by atoms with Crippen LogP contribution in [0.1, 0.15) is 60.1 Å². The van der Waals surface area contributed by atoms with Crippen molar-refractivity contribution < 1.29 is 33.8 Å². The number of nitrogens with two attached hydrogens (primary N) is 2. The van der Waals surface area contributed by atoms with Crippen molar-refractivity contribution in [1.29, 1.82) is 0 Å². The van der Waals surface area contributed by atoms with Crippen LogP contribution in [0.15, 0.2) is 17.5 Å². The van der Waals surface area contributed by atoms with Gasteiger partial charge in [-0.3, -0.25) is 9.79 Å². The zero-order chi connectivity index (χ0) is 27.7. The van der Waals surface area contributed by atoms with Gasteiger partial charge in [-0.25, -0.2) is 24.3 Å². The van der Waals surface area contributed by atoms with E-state index in [4.69, 9.17) is 20.9 Å². The van der Waals surface area contributed by atoms with E-state index in [1.807, 2.05) is 0 Å². The highest BCUT2D eigenvalue weighted by atomic mass is 16.6. The molecule has 202 valence electrons. The Kier molecular flexibility index (Phi) is 10.7. The molecule has 0 aliphatic carbocycles. The van der Waals surface area contributed by atoms with E-state index in [1.165, 1.54) is 12.5 Å². The summed E-state index contributed by atoms with van der Waals surface area (Å²) in [6.07, 6.45) is 0.540. The number of aromatic nitrogens is 2. The Morgan fingerprint density at radius 1 is 1.14 bits per heavy atom. The number of nitrogens with one attached hydrogen (secondary N) is 2. The predicted octanol–water partition coefficient (Wildman–Crippen LogP) is 1.12. The first-order valence-electron chi connectivity index (χ1n) is 11.3. The number of imidazole rings is 1. The number of carbonyl (C=O) groups is 4. The fraction of sp³-hybridized carbons (Fsp3) is 0.636. The second kappa shape index (κ2) is 12.7. The van der Waals surface area contributed by atoms with Crippen molar-refractivity contribution in [3.05, 3.63) is 18.2 Å². The van der Waals surface area contributed by atoms with Crippen molar-refractivity contribution in [3.8, 4) is 0 Å². The lowest BCUT2D eigenvalue weighted by Gasteiger charge is -2.32. The summed E-state index contributed by atoms with van der Waals surface area (Å²) in [6, 6.07) is -3.00. The van der Waals surface area contributed by atoms with Gasteiger partial charge >= 0.3 is 18.2 Å². The number of nitrogens with zero attached hydrogens (tertiary/aromatic N) is 3. The third kappa shape index (κ3) is 11.1. The van der Waals surface area contributed by atoms with Gasteiger partial charge in [0.05, 0.1) is 6.33 Å². The van der Waals surface area contributed by atoms with Gasteiger partial charge < -0.3 is 36.3 Å². The van der Waals surface area contributed by atoms with Crippen LogP contribution in [-0.2, 0) is 25.5 Å². The molecule has 0 saturated heterocycles. The zero-order valence-electron chi connectivity index (χ0n) is 21.5. The van der Waals surface area contributed by atoms with Gasteiger partial charge in [0, 0.05) is 24.9 Å². The summed E-state index contributed by atoms with van der Waals surface area (Å²) in [5.74, 6) is -2.61. The number of rotatable bonds is 10. The highest BCUT2D eigenvalue weighted by Crippen LogP contribution is 2.18. The van der Waals surface area contributed by atoms with E-state index in [0.29, 0.717) is 10.6 Å². The van der Waals surface area contributed by atoms with Crippen molar-refractivity contribution in [3.63, 3.8) is 0 Å². The molecule has 14 heteroatoms. The first-order valence-corrected chi connectivity index (χ1v) is 11.3. The average molecular weight is 512 g/mol. The van der Waals surface area contributed by atoms with E-state index in [-0.39, 0.29) is 31.8 Å². The molecule has 0 aliphatic rings. The van der Waals surface area contributed by atoms with E-state index in [0.717, 1.165) is 0 Å². The van der Waals surface area contributed by atoms with E-state index in [1.54, 1.807) is 41.5 Å². The van der Waals surface area contributed by atoms with Gasteiger partial charge in [0.2, 0.25) is 0 Å². The Labute approximate surface area is 209 Å². The number of aliphatic imine (C=N–C) groups is 1. The highest BCUT2D eigenvalue weighted by Gasteiger charge is 2.41. The fourth-order valence-corrected chi connectivity index (χ4v) is 2.95. The molecule has 0 aromatic carbocycles. The summed E-state index contributed by atoms with van der Waals surface area (Å²) < 4.78 is 10.6. The second-order valence-electron chi connectivity index (χ2n) is 9.97. The summed E-state index contributed by atoms with van der Waals surface area (Å²) in [6.45, 7) is 9.77. The van der Waals surface area contributed by atoms with E-state index < -0.39 is 47.3 Å². The molecule has 1 aromatic rings. The van der Waals surface area contributed by atoms with Crippen LogP contribution in [-0.4, -0.2) is 79.8 Å². The number of ether oxygens (including phenoxy) is 2. The van der Waals surface area contributed by atoms with Crippen molar-refractivity contribution in [1.82, 2.24) is 20.2 Å². The van der Waals surface area contributed by atoms with Gasteiger partial charge in [-0.15, -0.1) is 0 Å². The van der Waals surface area contributed by atoms with Crippen LogP contribution in [0.4, 0.5) is 9.59 Å². The molecule has 0 radical (unpaired) electrons. The maximum Gasteiger partial charge on any atom is 0.417 e. The third-order valence-corrected chi connectivity index (χ3v) is 4.33. The van der Waals surface area contributed by atoms with Gasteiger partial charge in [0.15, 0.2) is 5.96 Å². The van der Waals surface area contributed by atoms with Crippen LogP contribution < -0.4 is 16.8 Å². The molecule has 7 N–H and O–H groups in total. The van der Waals surface area contributed by atoms with Crippen molar-refractivity contribution in [2.75, 3.05) is 6.54 Å². The quantitative estimate of drug-likeness (QED) is 0.171. The molecule has 0 spiro atoms. The standard InChI is InChI=1S/C22H37N7O7/c1-21(2,3)35-19(33)28-14(8-7-9-26-18(23)24)16(30)29(20(34)36-22(4,5)6)15(17(31)32)10-13-11-25-12-27-13/h11-12,14-15H,7-10H2,1-6H3,(H,25,27)(H,28,33)(H,31,32)(H4,23,24,26). The number of hydrogen-bond donors (Lipinski definition) is 5. The number of carboxylic acid groups (broad SMARTS) is 1. The molecule has 0 aliphatic heterocycles. The largest absolute Gasteiger partial charge is 0.480 e. The number of guanidine groups is 1. The van der Waals surface area contributed by atoms with Gasteiger partial charge in [0.1, 0.15) is 23.3 Å². The maximum absolute atomic E-state index is 13.7. The molecule has 0 saturated carbocycles. The minimum atomic E-state index is -1.66. The van der Waals surface area contributed by atoms with Crippen LogP contribution in [0.5, 0.6) is 0 Å². The van der Waals surface area contributed by atoms with Crippen LogP contribution in [0.3, 0.4) is 0 Å². The first kappa shape index (κ1) is 30.2. The third-order valence-electron chi connectivity index (χ3n) is 4.33. The molecule has 2 atom stereocenters. The average Bonchev–Trinajstić information content (AvgIpc) is 3.19. The summed E-state index contributed by atoms with van der Waals surface area (Å²) in [5, 5.41) is 12.4. The molecule has 1 rings (SSSR count). The molecule has 2 unspecified atom stereocenters. The number of H-pyrrole nitrogens is 1. The van der Waals surface area contributed by atoms with Crippen LogP contribution in [0, 0.1) is 0 Å². The van der Waals surface area contributed by atoms with Gasteiger partial charge in [-0.1, -0.05) is 0 Å². The minimum Gasteiger partial charge on any atom is -0.480 e. The number of aliphatic carboxylic acids is 1. The first-order chi connectivity index (χ1) is 16.5. The van der Waals surface area contributed by atoms with E-state index in [2.05, 4.69) is 20.3 Å². The Bertz CT molecular complexity index is 930. The highest BCUT2D eigenvalue weighted by molar-refractivity contribution is 6.00. The number of carbonyl (C=O) groups excluding carboxylic acids is 3. The Balaban J connectivity index is 3.37. The van der Waals surface area contributed by atoms with E-state index >= 15 is 0 Å². The monoisotopic (exact) mass is 511 g/mol. The molecule has 0 fully saturated rings. The topological polar surface area (TPSA) is 215 Å². The Morgan fingerprint density at radius 3 is 2.22 bits per heavy atom. The van der Waals surface area contributed by atoms with Gasteiger partial charge in [-0.2, -0.15) is 0 Å². The van der Waals surface area contributed by atoms with Crippen LogP contribution >= 0.6 is 0 Å². The van der Waals surface area contributed by atoms with Gasteiger partial charge in [-0.05, 0) is 54.4 Å². The fourth-order valence-electron chi connectivity index (χ4n) is 2.95.